The van der Waals surface area contributed by atoms with E-state index in [2.05, 4.69) is 5.32 Å². The maximum absolute atomic E-state index is 11.9. The number of amides is 1. The third-order valence-electron chi connectivity index (χ3n) is 2.80. The second-order valence-electron chi connectivity index (χ2n) is 5.84. The lowest BCUT2D eigenvalue weighted by molar-refractivity contribution is -0.119. The Morgan fingerprint density at radius 3 is 2.15 bits per heavy atom. The number of nitrogens with two attached hydrogens (primary N) is 2. The normalized spacial score (nSPS) is 13.8. The van der Waals surface area contributed by atoms with E-state index < -0.39 is 16.1 Å². The number of nitrogens with one attached hydrogen (secondary N) is 1. The van der Waals surface area contributed by atoms with Gasteiger partial charge in [-0.2, -0.15) is 0 Å². The molecule has 0 aliphatic rings. The van der Waals surface area contributed by atoms with Crippen molar-refractivity contribution in [2.45, 2.75) is 32.6 Å². The van der Waals surface area contributed by atoms with Crippen LogP contribution in [0.1, 0.15) is 26.3 Å². The van der Waals surface area contributed by atoms with Crippen molar-refractivity contribution in [1.29, 1.82) is 0 Å². The fraction of sp³-hybridized carbons (Fsp3) is 0.462. The Kier molecular flexibility index (Phi) is 4.90. The van der Waals surface area contributed by atoms with E-state index in [9.17, 15) is 13.2 Å². The zero-order chi connectivity index (χ0) is 15.6. The lowest BCUT2D eigenvalue weighted by Gasteiger charge is -2.25. The van der Waals surface area contributed by atoms with Crippen LogP contribution < -0.4 is 16.2 Å². The van der Waals surface area contributed by atoms with Crippen molar-refractivity contribution in [3.8, 4) is 0 Å². The Labute approximate surface area is 119 Å². The summed E-state index contributed by atoms with van der Waals surface area (Å²) in [5, 5.41) is 7.65. The summed E-state index contributed by atoms with van der Waals surface area (Å²) in [6.07, 6.45) is 0. The quantitative estimate of drug-likeness (QED) is 0.762. The first-order chi connectivity index (χ1) is 8.99. The van der Waals surface area contributed by atoms with Gasteiger partial charge < -0.3 is 11.1 Å². The SMILES string of the molecule is CC(C)(C)[C@H](N)C(=O)Nc1ccc(CS(N)(=O)=O)cc1. The van der Waals surface area contributed by atoms with Gasteiger partial charge in [-0.15, -0.1) is 0 Å². The van der Waals surface area contributed by atoms with Crippen molar-refractivity contribution in [2.24, 2.45) is 16.3 Å². The number of hydrogen-bond donors (Lipinski definition) is 3. The molecule has 0 bridgehead atoms. The van der Waals surface area contributed by atoms with Gasteiger partial charge in [0.25, 0.3) is 0 Å². The summed E-state index contributed by atoms with van der Waals surface area (Å²) in [6.45, 7) is 5.64. The molecule has 1 rings (SSSR count). The first kappa shape index (κ1) is 16.6. The predicted molar refractivity (Wildman–Crippen MR) is 79.3 cm³/mol. The predicted octanol–water partition coefficient (Wildman–Crippen LogP) is 0.787. The summed E-state index contributed by atoms with van der Waals surface area (Å²) < 4.78 is 21.9. The van der Waals surface area contributed by atoms with Crippen LogP contribution in [0.2, 0.25) is 0 Å². The molecule has 6 nitrogen and oxygen atoms in total. The van der Waals surface area contributed by atoms with E-state index in [1.165, 1.54) is 0 Å². The summed E-state index contributed by atoms with van der Waals surface area (Å²) in [5.74, 6) is -0.514. The van der Waals surface area contributed by atoms with Crippen LogP contribution in [-0.4, -0.2) is 20.4 Å². The molecule has 0 unspecified atom stereocenters. The second-order valence-corrected chi connectivity index (χ2v) is 7.45. The molecule has 7 heteroatoms. The van der Waals surface area contributed by atoms with Crippen molar-refractivity contribution in [1.82, 2.24) is 0 Å². The first-order valence-corrected chi connectivity index (χ1v) is 7.86. The fourth-order valence-electron chi connectivity index (χ4n) is 1.53. The average Bonchev–Trinajstić information content (AvgIpc) is 2.27. The van der Waals surface area contributed by atoms with Gasteiger partial charge in [0.2, 0.25) is 15.9 Å². The Balaban J connectivity index is 2.73. The molecule has 0 spiro atoms. The second kappa shape index (κ2) is 5.90. The number of benzene rings is 1. The summed E-state index contributed by atoms with van der Waals surface area (Å²) >= 11 is 0. The molecule has 0 aromatic heterocycles. The minimum absolute atomic E-state index is 0.233. The van der Waals surface area contributed by atoms with Crippen LogP contribution >= 0.6 is 0 Å². The Hall–Kier alpha value is -1.44. The van der Waals surface area contributed by atoms with Gasteiger partial charge in [-0.05, 0) is 23.1 Å². The number of sulfonamides is 1. The number of primary sulfonamides is 1. The van der Waals surface area contributed by atoms with Gasteiger partial charge in [0.1, 0.15) is 0 Å². The molecule has 1 aromatic rings. The monoisotopic (exact) mass is 299 g/mol. The molecule has 5 N–H and O–H groups in total. The summed E-state index contributed by atoms with van der Waals surface area (Å²) in [4.78, 5) is 11.9. The number of rotatable bonds is 4. The van der Waals surface area contributed by atoms with E-state index in [4.69, 9.17) is 10.9 Å². The van der Waals surface area contributed by atoms with Gasteiger partial charge in [0.05, 0.1) is 11.8 Å². The number of carbonyl (C=O) groups is 1. The Bertz CT molecular complexity index is 574. The summed E-state index contributed by atoms with van der Waals surface area (Å²) in [5.41, 5.74) is 6.64. The van der Waals surface area contributed by atoms with Crippen LogP contribution in [0, 0.1) is 5.41 Å². The molecule has 1 amide bonds. The van der Waals surface area contributed by atoms with Crippen LogP contribution in [0.5, 0.6) is 0 Å². The van der Waals surface area contributed by atoms with E-state index in [-0.39, 0.29) is 17.1 Å². The van der Waals surface area contributed by atoms with Crippen molar-refractivity contribution in [2.75, 3.05) is 5.32 Å². The number of hydrogen-bond acceptors (Lipinski definition) is 4. The minimum Gasteiger partial charge on any atom is -0.325 e. The van der Waals surface area contributed by atoms with Crippen LogP contribution in [-0.2, 0) is 20.6 Å². The van der Waals surface area contributed by atoms with Gasteiger partial charge in [0.15, 0.2) is 0 Å². The molecular weight excluding hydrogens is 278 g/mol. The molecule has 0 saturated heterocycles. The van der Waals surface area contributed by atoms with Crippen LogP contribution in [0.4, 0.5) is 5.69 Å². The zero-order valence-electron chi connectivity index (χ0n) is 11.9. The van der Waals surface area contributed by atoms with E-state index in [0.717, 1.165) is 0 Å². The third kappa shape index (κ3) is 5.28. The molecular formula is C13H21N3O3S. The van der Waals surface area contributed by atoms with Crippen molar-refractivity contribution in [3.63, 3.8) is 0 Å². The molecule has 0 aliphatic carbocycles. The lowest BCUT2D eigenvalue weighted by Crippen LogP contribution is -2.45. The van der Waals surface area contributed by atoms with E-state index >= 15 is 0 Å². The van der Waals surface area contributed by atoms with E-state index in [1.54, 1.807) is 24.3 Å². The molecule has 0 saturated carbocycles. The van der Waals surface area contributed by atoms with Crippen LogP contribution in [0.25, 0.3) is 0 Å². The fourth-order valence-corrected chi connectivity index (χ4v) is 2.19. The maximum Gasteiger partial charge on any atom is 0.241 e. The molecule has 112 valence electrons. The standard InChI is InChI=1S/C13H21N3O3S/c1-13(2,3)11(14)12(17)16-10-6-4-9(5-7-10)8-20(15,18)19/h4-7,11H,8,14H2,1-3H3,(H,16,17)(H2,15,18,19)/t11-/m1/s1. The highest BCUT2D eigenvalue weighted by Crippen LogP contribution is 2.19. The van der Waals surface area contributed by atoms with Crippen molar-refractivity contribution < 1.29 is 13.2 Å². The van der Waals surface area contributed by atoms with Gasteiger partial charge in [-0.1, -0.05) is 32.9 Å². The third-order valence-corrected chi connectivity index (χ3v) is 3.54. The molecule has 20 heavy (non-hydrogen) atoms. The van der Waals surface area contributed by atoms with Gasteiger partial charge in [0, 0.05) is 5.69 Å². The van der Waals surface area contributed by atoms with Crippen molar-refractivity contribution in [3.05, 3.63) is 29.8 Å². The highest BCUT2D eigenvalue weighted by molar-refractivity contribution is 7.88. The number of carbonyl (C=O) groups excluding carboxylic acids is 1. The average molecular weight is 299 g/mol. The minimum atomic E-state index is -3.55. The molecule has 0 fully saturated rings. The van der Waals surface area contributed by atoms with Gasteiger partial charge >= 0.3 is 0 Å². The zero-order valence-corrected chi connectivity index (χ0v) is 12.7. The largest absolute Gasteiger partial charge is 0.325 e. The first-order valence-electron chi connectivity index (χ1n) is 6.15. The highest BCUT2D eigenvalue weighted by Gasteiger charge is 2.27. The van der Waals surface area contributed by atoms with Crippen molar-refractivity contribution >= 4 is 21.6 Å². The molecule has 1 atom stereocenters. The topological polar surface area (TPSA) is 115 Å². The van der Waals surface area contributed by atoms with E-state index in [1.807, 2.05) is 20.8 Å². The summed E-state index contributed by atoms with van der Waals surface area (Å²) in [7, 11) is -3.55. The maximum atomic E-state index is 11.9. The Morgan fingerprint density at radius 1 is 1.25 bits per heavy atom. The van der Waals surface area contributed by atoms with E-state index in [0.29, 0.717) is 11.3 Å². The molecule has 0 heterocycles. The lowest BCUT2D eigenvalue weighted by atomic mass is 9.87. The summed E-state index contributed by atoms with van der Waals surface area (Å²) in [6, 6.07) is 5.80. The van der Waals surface area contributed by atoms with Crippen LogP contribution in [0.3, 0.4) is 0 Å². The number of anilines is 1. The van der Waals surface area contributed by atoms with Gasteiger partial charge in [-0.25, -0.2) is 13.6 Å². The van der Waals surface area contributed by atoms with Crippen LogP contribution in [0.15, 0.2) is 24.3 Å². The highest BCUT2D eigenvalue weighted by atomic mass is 32.2. The molecule has 1 aromatic carbocycles. The molecule has 0 radical (unpaired) electrons. The Morgan fingerprint density at radius 2 is 1.75 bits per heavy atom. The smallest absolute Gasteiger partial charge is 0.241 e. The molecule has 0 aliphatic heterocycles. The van der Waals surface area contributed by atoms with Gasteiger partial charge in [-0.3, -0.25) is 4.79 Å².